The van der Waals surface area contributed by atoms with Crippen LogP contribution in [0.25, 0.3) is 0 Å². The topological polar surface area (TPSA) is 27.1 Å². The van der Waals surface area contributed by atoms with Crippen molar-refractivity contribution in [2.24, 2.45) is 0 Å². The quantitative estimate of drug-likeness (QED) is 0.851. The van der Waals surface area contributed by atoms with Crippen molar-refractivity contribution in [3.05, 3.63) is 40.9 Å². The van der Waals surface area contributed by atoms with Gasteiger partial charge in [-0.25, -0.2) is 4.39 Å². The van der Waals surface area contributed by atoms with E-state index < -0.39 is 0 Å². The Morgan fingerprint density at radius 1 is 1.41 bits per heavy atom. The number of hydrogen-bond acceptors (Lipinski definition) is 2. The zero-order valence-corrected chi connectivity index (χ0v) is 11.1. The van der Waals surface area contributed by atoms with Gasteiger partial charge >= 0.3 is 6.01 Å². The van der Waals surface area contributed by atoms with Crippen LogP contribution in [0.5, 0.6) is 11.8 Å². The summed E-state index contributed by atoms with van der Waals surface area (Å²) in [6.07, 6.45) is 1.83. The first-order valence-corrected chi connectivity index (χ1v) is 6.03. The SMILES string of the molecule is CC(C)n1cc(Br)nc1Oc1cccc(F)c1. The fourth-order valence-electron chi connectivity index (χ4n) is 1.43. The lowest BCUT2D eigenvalue weighted by Gasteiger charge is -2.11. The van der Waals surface area contributed by atoms with Crippen molar-refractivity contribution in [1.82, 2.24) is 9.55 Å². The van der Waals surface area contributed by atoms with Gasteiger partial charge in [0.05, 0.1) is 0 Å². The van der Waals surface area contributed by atoms with Crippen molar-refractivity contribution in [1.29, 1.82) is 0 Å². The molecule has 0 fully saturated rings. The van der Waals surface area contributed by atoms with Crippen LogP contribution in [0, 0.1) is 5.82 Å². The third-order valence-corrected chi connectivity index (χ3v) is 2.61. The second-order valence-corrected chi connectivity index (χ2v) is 4.72. The highest BCUT2D eigenvalue weighted by molar-refractivity contribution is 9.10. The van der Waals surface area contributed by atoms with Crippen LogP contribution in [0.3, 0.4) is 0 Å². The van der Waals surface area contributed by atoms with Crippen molar-refractivity contribution in [2.45, 2.75) is 19.9 Å². The van der Waals surface area contributed by atoms with Crippen LogP contribution in [-0.4, -0.2) is 9.55 Å². The Balaban J connectivity index is 2.29. The number of halogens is 2. The molecule has 17 heavy (non-hydrogen) atoms. The molecule has 0 aliphatic carbocycles. The smallest absolute Gasteiger partial charge is 0.303 e. The van der Waals surface area contributed by atoms with E-state index in [1.807, 2.05) is 24.6 Å². The summed E-state index contributed by atoms with van der Waals surface area (Å²) in [5, 5.41) is 0. The monoisotopic (exact) mass is 298 g/mol. The van der Waals surface area contributed by atoms with Gasteiger partial charge in [0.2, 0.25) is 0 Å². The molecular weight excluding hydrogens is 287 g/mol. The van der Waals surface area contributed by atoms with Gasteiger partial charge in [-0.05, 0) is 41.9 Å². The fraction of sp³-hybridized carbons (Fsp3) is 0.250. The zero-order chi connectivity index (χ0) is 12.4. The molecule has 90 valence electrons. The van der Waals surface area contributed by atoms with E-state index in [1.54, 1.807) is 12.1 Å². The third kappa shape index (κ3) is 2.85. The lowest BCUT2D eigenvalue weighted by molar-refractivity contribution is 0.393. The molecule has 3 nitrogen and oxygen atoms in total. The van der Waals surface area contributed by atoms with Crippen molar-refractivity contribution < 1.29 is 9.13 Å². The predicted molar refractivity (Wildman–Crippen MR) is 66.8 cm³/mol. The van der Waals surface area contributed by atoms with Gasteiger partial charge in [-0.15, -0.1) is 0 Å². The van der Waals surface area contributed by atoms with E-state index in [-0.39, 0.29) is 11.9 Å². The molecule has 0 amide bonds. The molecule has 0 N–H and O–H groups in total. The zero-order valence-electron chi connectivity index (χ0n) is 9.52. The number of benzene rings is 1. The van der Waals surface area contributed by atoms with E-state index in [1.165, 1.54) is 12.1 Å². The highest BCUT2D eigenvalue weighted by atomic mass is 79.9. The molecule has 0 aliphatic heterocycles. The minimum atomic E-state index is -0.329. The van der Waals surface area contributed by atoms with Crippen LogP contribution < -0.4 is 4.74 Å². The average molecular weight is 299 g/mol. The van der Waals surface area contributed by atoms with E-state index >= 15 is 0 Å². The van der Waals surface area contributed by atoms with Gasteiger partial charge in [0.15, 0.2) is 0 Å². The minimum Gasteiger partial charge on any atom is -0.425 e. The average Bonchev–Trinajstić information content (AvgIpc) is 2.59. The van der Waals surface area contributed by atoms with Crippen LogP contribution in [0.15, 0.2) is 35.1 Å². The molecular formula is C12H12BrFN2O. The standard InChI is InChI=1S/C12H12BrFN2O/c1-8(2)16-7-11(13)15-12(16)17-10-5-3-4-9(14)6-10/h3-8H,1-2H3. The molecule has 1 aromatic carbocycles. The Morgan fingerprint density at radius 3 is 2.82 bits per heavy atom. The molecule has 0 atom stereocenters. The Bertz CT molecular complexity index is 525. The van der Waals surface area contributed by atoms with Gasteiger partial charge in [0, 0.05) is 18.3 Å². The normalized spacial score (nSPS) is 10.9. The van der Waals surface area contributed by atoms with E-state index in [4.69, 9.17) is 4.74 Å². The van der Waals surface area contributed by atoms with Crippen LogP contribution in [0.4, 0.5) is 4.39 Å². The number of imidazole rings is 1. The maximum absolute atomic E-state index is 13.0. The molecule has 2 rings (SSSR count). The van der Waals surface area contributed by atoms with Crippen molar-refractivity contribution >= 4 is 15.9 Å². The summed E-state index contributed by atoms with van der Waals surface area (Å²) in [5.41, 5.74) is 0. The molecule has 0 spiro atoms. The summed E-state index contributed by atoms with van der Waals surface area (Å²) < 4.78 is 21.1. The van der Waals surface area contributed by atoms with Gasteiger partial charge in [0.1, 0.15) is 16.2 Å². The van der Waals surface area contributed by atoms with Crippen molar-refractivity contribution in [2.75, 3.05) is 0 Å². The second kappa shape index (κ2) is 4.87. The molecule has 0 aliphatic rings. The molecule has 1 heterocycles. The van der Waals surface area contributed by atoms with E-state index in [9.17, 15) is 4.39 Å². The van der Waals surface area contributed by atoms with Gasteiger partial charge in [-0.2, -0.15) is 4.98 Å². The minimum absolute atomic E-state index is 0.220. The maximum Gasteiger partial charge on any atom is 0.303 e. The highest BCUT2D eigenvalue weighted by Gasteiger charge is 2.11. The molecule has 0 unspecified atom stereocenters. The molecule has 0 saturated carbocycles. The number of aromatic nitrogens is 2. The lowest BCUT2D eigenvalue weighted by Crippen LogP contribution is -2.02. The Labute approximate surface area is 107 Å². The predicted octanol–water partition coefficient (Wildman–Crippen LogP) is 4.16. The summed E-state index contributed by atoms with van der Waals surface area (Å²) in [6, 6.07) is 6.65. The van der Waals surface area contributed by atoms with Crippen molar-refractivity contribution in [3.63, 3.8) is 0 Å². The Morgan fingerprint density at radius 2 is 2.18 bits per heavy atom. The third-order valence-electron chi connectivity index (χ3n) is 2.23. The van der Waals surface area contributed by atoms with Crippen LogP contribution in [0.1, 0.15) is 19.9 Å². The van der Waals surface area contributed by atoms with Crippen molar-refractivity contribution in [3.8, 4) is 11.8 Å². The Hall–Kier alpha value is -1.36. The summed E-state index contributed by atoms with van der Waals surface area (Å²) in [4.78, 5) is 4.19. The number of hydrogen-bond donors (Lipinski definition) is 0. The number of ether oxygens (including phenoxy) is 1. The summed E-state index contributed by atoms with van der Waals surface area (Å²) in [6.45, 7) is 4.04. The van der Waals surface area contributed by atoms with Crippen LogP contribution >= 0.6 is 15.9 Å². The Kier molecular flexibility index (Phi) is 3.47. The summed E-state index contributed by atoms with van der Waals surface area (Å²) in [5.74, 6) is 0.106. The molecule has 2 aromatic rings. The number of rotatable bonds is 3. The van der Waals surface area contributed by atoms with E-state index in [0.717, 1.165) is 0 Å². The molecule has 5 heteroatoms. The van der Waals surface area contributed by atoms with Crippen LogP contribution in [-0.2, 0) is 0 Å². The van der Waals surface area contributed by atoms with Gasteiger partial charge in [-0.3, -0.25) is 4.57 Å². The second-order valence-electron chi connectivity index (χ2n) is 3.91. The maximum atomic E-state index is 13.0. The number of nitrogens with zero attached hydrogens (tertiary/aromatic N) is 2. The lowest BCUT2D eigenvalue weighted by atomic mass is 10.3. The molecule has 0 bridgehead atoms. The first-order chi connectivity index (χ1) is 8.06. The molecule has 1 aromatic heterocycles. The molecule has 0 radical (unpaired) electrons. The van der Waals surface area contributed by atoms with Crippen LogP contribution in [0.2, 0.25) is 0 Å². The van der Waals surface area contributed by atoms with Gasteiger partial charge < -0.3 is 4.74 Å². The fourth-order valence-corrected chi connectivity index (χ4v) is 1.80. The van der Waals surface area contributed by atoms with E-state index in [0.29, 0.717) is 16.4 Å². The van der Waals surface area contributed by atoms with E-state index in [2.05, 4.69) is 20.9 Å². The molecule has 0 saturated heterocycles. The van der Waals surface area contributed by atoms with Gasteiger partial charge in [-0.1, -0.05) is 6.07 Å². The summed E-state index contributed by atoms with van der Waals surface area (Å²) in [7, 11) is 0. The largest absolute Gasteiger partial charge is 0.425 e. The first-order valence-electron chi connectivity index (χ1n) is 5.24. The highest BCUT2D eigenvalue weighted by Crippen LogP contribution is 2.26. The first kappa shape index (κ1) is 12.1. The summed E-state index contributed by atoms with van der Waals surface area (Å²) >= 11 is 3.29. The van der Waals surface area contributed by atoms with Gasteiger partial charge in [0.25, 0.3) is 0 Å².